The van der Waals surface area contributed by atoms with Crippen LogP contribution in [0, 0.1) is 12.8 Å². The first-order valence-electron chi connectivity index (χ1n) is 9.25. The van der Waals surface area contributed by atoms with E-state index in [1.54, 1.807) is 18.7 Å². The van der Waals surface area contributed by atoms with E-state index in [1.807, 2.05) is 0 Å². The van der Waals surface area contributed by atoms with Gasteiger partial charge in [0, 0.05) is 18.5 Å². The van der Waals surface area contributed by atoms with Crippen LogP contribution in [0.3, 0.4) is 0 Å². The minimum Gasteiger partial charge on any atom is -0.504 e. The van der Waals surface area contributed by atoms with Crippen molar-refractivity contribution in [3.63, 3.8) is 0 Å². The Morgan fingerprint density at radius 2 is 2.07 bits per heavy atom. The number of benzene rings is 1. The van der Waals surface area contributed by atoms with Gasteiger partial charge >= 0.3 is 11.6 Å². The third-order valence-corrected chi connectivity index (χ3v) is 5.13. The molecule has 1 saturated heterocycles. The lowest BCUT2D eigenvalue weighted by molar-refractivity contribution is -0.151. The number of amides is 1. The third-order valence-electron chi connectivity index (χ3n) is 5.13. The predicted molar refractivity (Wildman–Crippen MR) is 100 cm³/mol. The molecule has 8 nitrogen and oxygen atoms in total. The summed E-state index contributed by atoms with van der Waals surface area (Å²) in [4.78, 5) is 38.7. The van der Waals surface area contributed by atoms with Crippen molar-refractivity contribution in [1.82, 2.24) is 4.90 Å². The van der Waals surface area contributed by atoms with Crippen molar-refractivity contribution in [2.45, 2.75) is 33.1 Å². The molecular formula is C20H23NO7. The number of aryl methyl sites for hydroxylation is 1. The molecule has 2 heterocycles. The third kappa shape index (κ3) is 3.67. The Morgan fingerprint density at radius 3 is 2.79 bits per heavy atom. The van der Waals surface area contributed by atoms with Gasteiger partial charge in [-0.1, -0.05) is 0 Å². The Kier molecular flexibility index (Phi) is 5.58. The number of carbonyl (C=O) groups excluding carboxylic acids is 2. The van der Waals surface area contributed by atoms with Crippen LogP contribution in [-0.2, 0) is 20.7 Å². The molecule has 150 valence electrons. The van der Waals surface area contributed by atoms with E-state index < -0.39 is 17.1 Å². The summed E-state index contributed by atoms with van der Waals surface area (Å²) in [6.07, 6.45) is 1.19. The highest BCUT2D eigenvalue weighted by atomic mass is 16.5. The molecular weight excluding hydrogens is 366 g/mol. The monoisotopic (exact) mass is 389 g/mol. The number of rotatable bonds is 4. The number of hydrogen-bond acceptors (Lipinski definition) is 7. The Hall–Kier alpha value is -3.03. The maximum absolute atomic E-state index is 12.8. The van der Waals surface area contributed by atoms with Gasteiger partial charge < -0.3 is 24.3 Å². The predicted octanol–water partition coefficient (Wildman–Crippen LogP) is 1.86. The summed E-state index contributed by atoms with van der Waals surface area (Å²) >= 11 is 0. The van der Waals surface area contributed by atoms with E-state index in [1.165, 1.54) is 12.1 Å². The standard InChI is InChI=1S/C20H23NO7/c1-3-27-19(25)12-5-4-8-21(10-12)16(23)9-14-11(2)13-6-7-15(22)17(24)18(13)28-20(14)26/h6-7,12,22,24H,3-5,8-10H2,1-2H3. The van der Waals surface area contributed by atoms with Crippen LogP contribution in [-0.4, -0.2) is 46.7 Å². The van der Waals surface area contributed by atoms with Crippen LogP contribution in [0.5, 0.6) is 11.5 Å². The van der Waals surface area contributed by atoms with E-state index in [9.17, 15) is 24.6 Å². The Labute approximate surface area is 161 Å². The van der Waals surface area contributed by atoms with Gasteiger partial charge in [-0.25, -0.2) is 4.79 Å². The molecule has 1 unspecified atom stereocenters. The van der Waals surface area contributed by atoms with Crippen LogP contribution in [0.2, 0.25) is 0 Å². The first kappa shape index (κ1) is 19.7. The molecule has 2 aromatic rings. The fourth-order valence-electron chi connectivity index (χ4n) is 3.55. The van der Waals surface area contributed by atoms with Gasteiger partial charge in [-0.3, -0.25) is 9.59 Å². The second-order valence-corrected chi connectivity index (χ2v) is 6.91. The SMILES string of the molecule is CCOC(=O)C1CCCN(C(=O)Cc2c(C)c3ccc(O)c(O)c3oc2=O)C1. The molecule has 1 aliphatic heterocycles. The van der Waals surface area contributed by atoms with Crippen LogP contribution in [0.4, 0.5) is 0 Å². The second kappa shape index (κ2) is 7.92. The second-order valence-electron chi connectivity index (χ2n) is 6.91. The number of hydrogen-bond donors (Lipinski definition) is 2. The smallest absolute Gasteiger partial charge is 0.340 e. The Balaban J connectivity index is 1.84. The van der Waals surface area contributed by atoms with Gasteiger partial charge in [0.1, 0.15) is 0 Å². The molecule has 0 saturated carbocycles. The molecule has 1 aromatic carbocycles. The lowest BCUT2D eigenvalue weighted by Crippen LogP contribution is -2.43. The molecule has 0 aliphatic carbocycles. The number of esters is 1. The maximum atomic E-state index is 12.8. The van der Waals surface area contributed by atoms with E-state index in [4.69, 9.17) is 9.15 Å². The van der Waals surface area contributed by atoms with Crippen molar-refractivity contribution in [1.29, 1.82) is 0 Å². The van der Waals surface area contributed by atoms with Crippen LogP contribution in [0.25, 0.3) is 11.0 Å². The topological polar surface area (TPSA) is 117 Å². The highest BCUT2D eigenvalue weighted by Gasteiger charge is 2.30. The van der Waals surface area contributed by atoms with Crippen LogP contribution in [0.15, 0.2) is 21.3 Å². The zero-order valence-electron chi connectivity index (χ0n) is 15.9. The number of phenols is 2. The van der Waals surface area contributed by atoms with Crippen molar-refractivity contribution in [2.75, 3.05) is 19.7 Å². The summed E-state index contributed by atoms with van der Waals surface area (Å²) in [5.74, 6) is -1.84. The summed E-state index contributed by atoms with van der Waals surface area (Å²) in [6.45, 7) is 4.48. The van der Waals surface area contributed by atoms with Crippen LogP contribution >= 0.6 is 0 Å². The largest absolute Gasteiger partial charge is 0.504 e. The Morgan fingerprint density at radius 1 is 1.32 bits per heavy atom. The summed E-state index contributed by atoms with van der Waals surface area (Å²) in [7, 11) is 0. The van der Waals surface area contributed by atoms with Gasteiger partial charge in [0.15, 0.2) is 11.3 Å². The molecule has 1 fully saturated rings. The number of nitrogens with zero attached hydrogens (tertiary/aromatic N) is 1. The number of aromatic hydroxyl groups is 2. The van der Waals surface area contributed by atoms with E-state index >= 15 is 0 Å². The molecule has 0 spiro atoms. The van der Waals surface area contributed by atoms with E-state index in [0.29, 0.717) is 36.9 Å². The van der Waals surface area contributed by atoms with E-state index in [2.05, 4.69) is 0 Å². The molecule has 0 bridgehead atoms. The molecule has 0 radical (unpaired) electrons. The average Bonchev–Trinajstić information content (AvgIpc) is 2.68. The highest BCUT2D eigenvalue weighted by Crippen LogP contribution is 2.34. The van der Waals surface area contributed by atoms with Crippen molar-refractivity contribution >= 4 is 22.8 Å². The summed E-state index contributed by atoms with van der Waals surface area (Å²) in [6, 6.07) is 2.82. The summed E-state index contributed by atoms with van der Waals surface area (Å²) in [5.41, 5.74) is -0.146. The van der Waals surface area contributed by atoms with Crippen molar-refractivity contribution in [3.05, 3.63) is 33.7 Å². The molecule has 1 atom stereocenters. The van der Waals surface area contributed by atoms with Gasteiger partial charge in [-0.05, 0) is 44.4 Å². The van der Waals surface area contributed by atoms with Gasteiger partial charge in [0.25, 0.3) is 0 Å². The summed E-state index contributed by atoms with van der Waals surface area (Å²) < 4.78 is 10.2. The average molecular weight is 389 g/mol. The lowest BCUT2D eigenvalue weighted by atomic mass is 9.97. The number of fused-ring (bicyclic) bond motifs is 1. The fraction of sp³-hybridized carbons (Fsp3) is 0.450. The minimum absolute atomic E-state index is 0.112. The lowest BCUT2D eigenvalue weighted by Gasteiger charge is -2.31. The van der Waals surface area contributed by atoms with Crippen molar-refractivity contribution in [3.8, 4) is 11.5 Å². The molecule has 2 N–H and O–H groups in total. The highest BCUT2D eigenvalue weighted by molar-refractivity contribution is 5.89. The summed E-state index contributed by atoms with van der Waals surface area (Å²) in [5, 5.41) is 19.9. The molecule has 8 heteroatoms. The van der Waals surface area contributed by atoms with Gasteiger partial charge in [0.05, 0.1) is 24.5 Å². The molecule has 3 rings (SSSR count). The first-order valence-corrected chi connectivity index (χ1v) is 9.25. The fourth-order valence-corrected chi connectivity index (χ4v) is 3.55. The van der Waals surface area contributed by atoms with E-state index in [-0.39, 0.29) is 41.9 Å². The van der Waals surface area contributed by atoms with Gasteiger partial charge in [0.2, 0.25) is 11.7 Å². The number of phenolic OH excluding ortho intramolecular Hbond substituents is 2. The van der Waals surface area contributed by atoms with Crippen LogP contribution in [0.1, 0.15) is 30.9 Å². The molecule has 28 heavy (non-hydrogen) atoms. The zero-order valence-corrected chi connectivity index (χ0v) is 15.9. The molecule has 1 amide bonds. The van der Waals surface area contributed by atoms with E-state index in [0.717, 1.165) is 0 Å². The maximum Gasteiger partial charge on any atom is 0.340 e. The minimum atomic E-state index is -0.738. The number of carbonyl (C=O) groups is 2. The normalized spacial score (nSPS) is 16.9. The number of piperidine rings is 1. The number of likely N-dealkylation sites (tertiary alicyclic amines) is 1. The number of ether oxygens (including phenoxy) is 1. The first-order chi connectivity index (χ1) is 13.3. The Bertz CT molecular complexity index is 979. The molecule has 1 aromatic heterocycles. The quantitative estimate of drug-likeness (QED) is 0.465. The van der Waals surface area contributed by atoms with Gasteiger partial charge in [-0.2, -0.15) is 0 Å². The van der Waals surface area contributed by atoms with Crippen molar-refractivity contribution in [2.24, 2.45) is 5.92 Å². The van der Waals surface area contributed by atoms with Crippen molar-refractivity contribution < 1.29 is 29.0 Å². The molecule has 1 aliphatic rings. The van der Waals surface area contributed by atoms with Gasteiger partial charge in [-0.15, -0.1) is 0 Å². The van der Waals surface area contributed by atoms with Crippen LogP contribution < -0.4 is 5.63 Å². The zero-order chi connectivity index (χ0) is 20.4.